The minimum absolute atomic E-state index is 0.0719. The molecule has 2 heterocycles. The molecule has 1 aliphatic heterocycles. The molecule has 1 aliphatic rings. The van der Waals surface area contributed by atoms with Crippen molar-refractivity contribution in [2.75, 3.05) is 26.8 Å². The van der Waals surface area contributed by atoms with Crippen molar-refractivity contribution < 1.29 is 22.6 Å². The number of methoxy groups -OCH3 is 1. The van der Waals surface area contributed by atoms with E-state index in [4.69, 9.17) is 9.47 Å². The molecular weight excluding hydrogens is 431 g/mol. The SMILES string of the molecule is COc1ccc(-c2cc(COCC3(c4ccccc4)CCNCC3)cc(C(F)(F)F)c2)nn1. The Bertz CT molecular complexity index is 1050. The molecule has 1 N–H and O–H groups in total. The predicted octanol–water partition coefficient (Wildman–Crippen LogP) is 5.01. The number of aromatic nitrogens is 2. The molecule has 0 amide bonds. The van der Waals surface area contributed by atoms with Gasteiger partial charge in [-0.1, -0.05) is 30.3 Å². The second kappa shape index (κ2) is 9.89. The van der Waals surface area contributed by atoms with E-state index in [0.29, 0.717) is 29.3 Å². The molecule has 1 aromatic heterocycles. The minimum atomic E-state index is -4.48. The first-order valence-electron chi connectivity index (χ1n) is 10.8. The van der Waals surface area contributed by atoms with Gasteiger partial charge in [0.15, 0.2) is 0 Å². The van der Waals surface area contributed by atoms with Crippen LogP contribution < -0.4 is 10.1 Å². The number of rotatable bonds is 7. The third-order valence-electron chi connectivity index (χ3n) is 6.06. The molecule has 174 valence electrons. The quantitative estimate of drug-likeness (QED) is 0.541. The van der Waals surface area contributed by atoms with Gasteiger partial charge in [0.05, 0.1) is 31.6 Å². The van der Waals surface area contributed by atoms with Crippen molar-refractivity contribution >= 4 is 0 Å². The summed E-state index contributed by atoms with van der Waals surface area (Å²) in [4.78, 5) is 0. The summed E-state index contributed by atoms with van der Waals surface area (Å²) in [5.74, 6) is 0.294. The zero-order valence-electron chi connectivity index (χ0n) is 18.4. The Morgan fingerprint density at radius 1 is 0.970 bits per heavy atom. The molecule has 0 spiro atoms. The first kappa shape index (κ1) is 23.2. The van der Waals surface area contributed by atoms with Crippen LogP contribution in [0.5, 0.6) is 5.88 Å². The van der Waals surface area contributed by atoms with E-state index in [1.54, 1.807) is 18.2 Å². The van der Waals surface area contributed by atoms with Gasteiger partial charge in [-0.05, 0) is 61.3 Å². The molecule has 0 radical (unpaired) electrons. The summed E-state index contributed by atoms with van der Waals surface area (Å²) in [6.45, 7) is 2.26. The zero-order valence-corrected chi connectivity index (χ0v) is 18.4. The monoisotopic (exact) mass is 457 g/mol. The van der Waals surface area contributed by atoms with Gasteiger partial charge in [-0.25, -0.2) is 0 Å². The van der Waals surface area contributed by atoms with Crippen LogP contribution in [0.1, 0.15) is 29.5 Å². The molecule has 0 saturated carbocycles. The van der Waals surface area contributed by atoms with Gasteiger partial charge in [0.25, 0.3) is 0 Å². The highest BCUT2D eigenvalue weighted by Gasteiger charge is 2.34. The van der Waals surface area contributed by atoms with E-state index in [0.717, 1.165) is 38.1 Å². The second-order valence-corrected chi connectivity index (χ2v) is 8.27. The van der Waals surface area contributed by atoms with Crippen LogP contribution in [0.2, 0.25) is 0 Å². The molecule has 3 aromatic rings. The van der Waals surface area contributed by atoms with Crippen molar-refractivity contribution in [3.8, 4) is 17.1 Å². The molecule has 4 rings (SSSR count). The van der Waals surface area contributed by atoms with Crippen molar-refractivity contribution in [2.45, 2.75) is 31.0 Å². The highest BCUT2D eigenvalue weighted by Crippen LogP contribution is 2.36. The van der Waals surface area contributed by atoms with Crippen LogP contribution in [0.4, 0.5) is 13.2 Å². The number of hydrogen-bond donors (Lipinski definition) is 1. The predicted molar refractivity (Wildman–Crippen MR) is 119 cm³/mol. The largest absolute Gasteiger partial charge is 0.480 e. The Morgan fingerprint density at radius 2 is 1.73 bits per heavy atom. The maximum atomic E-state index is 13.6. The number of alkyl halides is 3. The Balaban J connectivity index is 1.56. The van der Waals surface area contributed by atoms with Crippen LogP contribution >= 0.6 is 0 Å². The van der Waals surface area contributed by atoms with E-state index in [9.17, 15) is 13.2 Å². The number of hydrogen-bond acceptors (Lipinski definition) is 5. The second-order valence-electron chi connectivity index (χ2n) is 8.27. The summed E-state index contributed by atoms with van der Waals surface area (Å²) in [7, 11) is 1.45. The van der Waals surface area contributed by atoms with Gasteiger partial charge in [0.2, 0.25) is 5.88 Å². The number of halogens is 3. The molecule has 0 atom stereocenters. The van der Waals surface area contributed by atoms with E-state index in [1.807, 2.05) is 18.2 Å². The van der Waals surface area contributed by atoms with Crippen LogP contribution in [0.15, 0.2) is 60.7 Å². The summed E-state index contributed by atoms with van der Waals surface area (Å²) >= 11 is 0. The lowest BCUT2D eigenvalue weighted by Gasteiger charge is -2.38. The van der Waals surface area contributed by atoms with Crippen molar-refractivity contribution in [1.29, 1.82) is 0 Å². The van der Waals surface area contributed by atoms with Crippen LogP contribution in [0.3, 0.4) is 0 Å². The van der Waals surface area contributed by atoms with Crippen LogP contribution in [0, 0.1) is 0 Å². The molecule has 0 bridgehead atoms. The fraction of sp³-hybridized carbons (Fsp3) is 0.360. The third kappa shape index (κ3) is 5.51. The summed E-state index contributed by atoms with van der Waals surface area (Å²) in [5, 5.41) is 11.2. The maximum Gasteiger partial charge on any atom is 0.416 e. The van der Waals surface area contributed by atoms with E-state index >= 15 is 0 Å². The lowest BCUT2D eigenvalue weighted by Crippen LogP contribution is -2.43. The number of nitrogens with one attached hydrogen (secondary N) is 1. The smallest absolute Gasteiger partial charge is 0.416 e. The summed E-state index contributed by atoms with van der Waals surface area (Å²) in [6, 6.07) is 17.2. The first-order chi connectivity index (χ1) is 15.9. The minimum Gasteiger partial charge on any atom is -0.480 e. The van der Waals surface area contributed by atoms with Crippen molar-refractivity contribution in [2.24, 2.45) is 0 Å². The third-order valence-corrected chi connectivity index (χ3v) is 6.06. The molecule has 1 saturated heterocycles. The topological polar surface area (TPSA) is 56.3 Å². The molecule has 0 unspecified atom stereocenters. The van der Waals surface area contributed by atoms with Crippen molar-refractivity contribution in [3.05, 3.63) is 77.4 Å². The van der Waals surface area contributed by atoms with E-state index < -0.39 is 11.7 Å². The van der Waals surface area contributed by atoms with Gasteiger partial charge in [0.1, 0.15) is 0 Å². The van der Waals surface area contributed by atoms with E-state index in [1.165, 1.54) is 12.7 Å². The Labute approximate surface area is 191 Å². The fourth-order valence-corrected chi connectivity index (χ4v) is 4.25. The van der Waals surface area contributed by atoms with Gasteiger partial charge in [0, 0.05) is 17.0 Å². The van der Waals surface area contributed by atoms with Crippen LogP contribution in [-0.2, 0) is 22.9 Å². The van der Waals surface area contributed by atoms with Crippen molar-refractivity contribution in [1.82, 2.24) is 15.5 Å². The number of ether oxygens (including phenoxy) is 2. The molecular formula is C25H26F3N3O2. The van der Waals surface area contributed by atoms with E-state index in [2.05, 4.69) is 27.6 Å². The highest BCUT2D eigenvalue weighted by molar-refractivity contribution is 5.61. The molecule has 0 aliphatic carbocycles. The summed E-state index contributed by atoms with van der Waals surface area (Å²) in [5.41, 5.74) is 1.41. The Hall–Kier alpha value is -2.97. The molecule has 1 fully saturated rings. The van der Waals surface area contributed by atoms with E-state index in [-0.39, 0.29) is 12.0 Å². The number of nitrogens with zero attached hydrogens (tertiary/aromatic N) is 2. The average molecular weight is 457 g/mol. The fourth-order valence-electron chi connectivity index (χ4n) is 4.25. The number of piperidine rings is 1. The average Bonchev–Trinajstić information content (AvgIpc) is 2.84. The highest BCUT2D eigenvalue weighted by atomic mass is 19.4. The zero-order chi connectivity index (χ0) is 23.3. The first-order valence-corrected chi connectivity index (χ1v) is 10.8. The molecule has 2 aromatic carbocycles. The Kier molecular flexibility index (Phi) is 6.95. The number of benzene rings is 2. The van der Waals surface area contributed by atoms with Gasteiger partial charge in [-0.2, -0.15) is 13.2 Å². The van der Waals surface area contributed by atoms with Gasteiger partial charge in [-0.3, -0.25) is 0 Å². The maximum absolute atomic E-state index is 13.6. The lowest BCUT2D eigenvalue weighted by molar-refractivity contribution is -0.137. The van der Waals surface area contributed by atoms with Crippen LogP contribution in [0.25, 0.3) is 11.3 Å². The van der Waals surface area contributed by atoms with Gasteiger partial charge >= 0.3 is 6.18 Å². The molecule has 5 nitrogen and oxygen atoms in total. The van der Waals surface area contributed by atoms with Crippen molar-refractivity contribution in [3.63, 3.8) is 0 Å². The molecule has 33 heavy (non-hydrogen) atoms. The van der Waals surface area contributed by atoms with Crippen LogP contribution in [-0.4, -0.2) is 37.0 Å². The molecule has 8 heteroatoms. The standard InChI is InChI=1S/C25H26F3N3O2/c1-32-23-8-7-22(30-31-23)19-13-18(14-21(15-19)25(26,27)28)16-33-17-24(9-11-29-12-10-24)20-5-3-2-4-6-20/h2-8,13-15,29H,9-12,16-17H2,1H3. The Morgan fingerprint density at radius 3 is 2.36 bits per heavy atom. The van der Waals surface area contributed by atoms with Gasteiger partial charge < -0.3 is 14.8 Å². The summed E-state index contributed by atoms with van der Waals surface area (Å²) in [6.07, 6.45) is -2.66. The summed E-state index contributed by atoms with van der Waals surface area (Å²) < 4.78 is 51.8. The van der Waals surface area contributed by atoms with Gasteiger partial charge in [-0.15, -0.1) is 10.2 Å². The lowest BCUT2D eigenvalue weighted by atomic mass is 9.74. The normalized spacial score (nSPS) is 15.9.